The molecule has 0 aliphatic carbocycles. The Morgan fingerprint density at radius 1 is 1.22 bits per heavy atom. The fourth-order valence-electron chi connectivity index (χ4n) is 1.52. The first-order chi connectivity index (χ1) is 8.56. The van der Waals surface area contributed by atoms with Crippen LogP contribution in [-0.4, -0.2) is 5.78 Å². The van der Waals surface area contributed by atoms with Crippen molar-refractivity contribution >= 4 is 29.1 Å². The Balaban J connectivity index is 2.37. The fraction of sp³-hybridized carbons (Fsp3) is 0.0714. The summed E-state index contributed by atoms with van der Waals surface area (Å²) in [4.78, 5) is 13.1. The molecule has 0 heterocycles. The summed E-state index contributed by atoms with van der Waals surface area (Å²) in [6.45, 7) is 1.43. The zero-order valence-corrected chi connectivity index (χ0v) is 11.2. The molecule has 2 aromatic rings. The lowest BCUT2D eigenvalue weighted by molar-refractivity contribution is 0.101. The topological polar surface area (TPSA) is 17.1 Å². The van der Waals surface area contributed by atoms with E-state index in [2.05, 4.69) is 0 Å². The first kappa shape index (κ1) is 13.1. The second-order valence-electron chi connectivity index (χ2n) is 3.76. The molecule has 0 bridgehead atoms. The van der Waals surface area contributed by atoms with Crippen molar-refractivity contribution < 1.29 is 9.18 Å². The van der Waals surface area contributed by atoms with Gasteiger partial charge in [-0.1, -0.05) is 29.4 Å². The smallest absolute Gasteiger partial charge is 0.161 e. The minimum Gasteiger partial charge on any atom is -0.294 e. The maximum atomic E-state index is 13.1. The van der Waals surface area contributed by atoms with E-state index in [0.717, 1.165) is 9.79 Å². The molecule has 92 valence electrons. The van der Waals surface area contributed by atoms with Crippen LogP contribution in [0.4, 0.5) is 4.39 Å². The van der Waals surface area contributed by atoms with Gasteiger partial charge in [-0.15, -0.1) is 0 Å². The van der Waals surface area contributed by atoms with Crippen molar-refractivity contribution in [3.63, 3.8) is 0 Å². The molecule has 0 radical (unpaired) electrons. The number of halogens is 2. The number of rotatable bonds is 3. The summed E-state index contributed by atoms with van der Waals surface area (Å²) in [6.07, 6.45) is 0. The monoisotopic (exact) mass is 280 g/mol. The number of carbonyl (C=O) groups is 1. The summed E-state index contributed by atoms with van der Waals surface area (Å²) in [6, 6.07) is 11.5. The zero-order chi connectivity index (χ0) is 13.1. The van der Waals surface area contributed by atoms with E-state index < -0.39 is 5.82 Å². The van der Waals surface area contributed by atoms with E-state index in [1.54, 1.807) is 18.2 Å². The van der Waals surface area contributed by atoms with Crippen LogP contribution in [0.1, 0.15) is 17.3 Å². The molecule has 2 rings (SSSR count). The summed E-state index contributed by atoms with van der Waals surface area (Å²) < 4.78 is 13.1. The third kappa shape index (κ3) is 3.12. The van der Waals surface area contributed by atoms with Crippen molar-refractivity contribution in [2.45, 2.75) is 16.7 Å². The van der Waals surface area contributed by atoms with Crippen molar-refractivity contribution in [3.05, 3.63) is 58.9 Å². The number of ketones is 1. The molecule has 0 spiro atoms. The minimum absolute atomic E-state index is 0.154. The van der Waals surface area contributed by atoms with Gasteiger partial charge in [0.2, 0.25) is 0 Å². The molecule has 0 aliphatic heterocycles. The Kier molecular flexibility index (Phi) is 4.04. The predicted molar refractivity (Wildman–Crippen MR) is 72.0 cm³/mol. The minimum atomic E-state index is -0.407. The molecule has 0 amide bonds. The van der Waals surface area contributed by atoms with Crippen LogP contribution >= 0.6 is 23.4 Å². The second-order valence-corrected chi connectivity index (χ2v) is 5.31. The molecule has 0 saturated carbocycles. The molecule has 4 heteroatoms. The third-order valence-electron chi connectivity index (χ3n) is 2.34. The number of carbonyl (C=O) groups excluding carboxylic acids is 1. The van der Waals surface area contributed by atoms with E-state index in [-0.39, 0.29) is 5.78 Å². The Hall–Kier alpha value is -1.32. The zero-order valence-electron chi connectivity index (χ0n) is 9.61. The predicted octanol–water partition coefficient (Wildman–Crippen LogP) is 4.83. The van der Waals surface area contributed by atoms with Gasteiger partial charge >= 0.3 is 0 Å². The number of Topliss-reactive ketones (excluding diaryl/α,β-unsaturated/α-hetero) is 1. The summed E-state index contributed by atoms with van der Waals surface area (Å²) in [5.41, 5.74) is 0.389. The van der Waals surface area contributed by atoms with Gasteiger partial charge in [0.15, 0.2) is 5.78 Å². The first-order valence-corrected chi connectivity index (χ1v) is 6.49. The van der Waals surface area contributed by atoms with Gasteiger partial charge in [0.05, 0.1) is 0 Å². The van der Waals surface area contributed by atoms with E-state index in [9.17, 15) is 9.18 Å². The average molecular weight is 281 g/mol. The van der Waals surface area contributed by atoms with Gasteiger partial charge in [0, 0.05) is 20.4 Å². The standard InChI is InChI=1S/C14H10ClFOS/c1-9(17)13-8-11(16)5-6-14(13)18-12-4-2-3-10(15)7-12/h2-8H,1H3. The van der Waals surface area contributed by atoms with Gasteiger partial charge in [0.1, 0.15) is 5.82 Å². The van der Waals surface area contributed by atoms with Gasteiger partial charge in [-0.2, -0.15) is 0 Å². The molecule has 0 aliphatic rings. The van der Waals surface area contributed by atoms with Crippen LogP contribution in [0.2, 0.25) is 5.02 Å². The lowest BCUT2D eigenvalue weighted by Crippen LogP contribution is -1.96. The van der Waals surface area contributed by atoms with Crippen LogP contribution in [-0.2, 0) is 0 Å². The van der Waals surface area contributed by atoms with E-state index in [4.69, 9.17) is 11.6 Å². The Morgan fingerprint density at radius 3 is 2.67 bits per heavy atom. The Bertz CT molecular complexity index is 598. The Morgan fingerprint density at radius 2 is 2.00 bits per heavy atom. The highest BCUT2D eigenvalue weighted by molar-refractivity contribution is 7.99. The highest BCUT2D eigenvalue weighted by Gasteiger charge is 2.10. The summed E-state index contributed by atoms with van der Waals surface area (Å²) in [5, 5.41) is 0.631. The number of hydrogen-bond donors (Lipinski definition) is 0. The van der Waals surface area contributed by atoms with Crippen LogP contribution in [0.3, 0.4) is 0 Å². The highest BCUT2D eigenvalue weighted by atomic mass is 35.5. The van der Waals surface area contributed by atoms with E-state index in [1.165, 1.54) is 30.8 Å². The molecule has 0 N–H and O–H groups in total. The summed E-state index contributed by atoms with van der Waals surface area (Å²) >= 11 is 7.29. The van der Waals surface area contributed by atoms with Crippen LogP contribution < -0.4 is 0 Å². The van der Waals surface area contributed by atoms with Crippen LogP contribution in [0, 0.1) is 5.82 Å². The molecule has 0 aromatic heterocycles. The normalized spacial score (nSPS) is 10.4. The van der Waals surface area contributed by atoms with E-state index >= 15 is 0 Å². The molecule has 2 aromatic carbocycles. The quantitative estimate of drug-likeness (QED) is 0.749. The van der Waals surface area contributed by atoms with Gasteiger partial charge in [-0.3, -0.25) is 4.79 Å². The molecule has 1 nitrogen and oxygen atoms in total. The van der Waals surface area contributed by atoms with Crippen LogP contribution in [0.15, 0.2) is 52.3 Å². The molecule has 0 unspecified atom stereocenters. The molecule has 0 fully saturated rings. The summed E-state index contributed by atoms with van der Waals surface area (Å²) in [7, 11) is 0. The largest absolute Gasteiger partial charge is 0.294 e. The van der Waals surface area contributed by atoms with E-state index in [1.807, 2.05) is 12.1 Å². The molecular weight excluding hydrogens is 271 g/mol. The fourth-order valence-corrected chi connectivity index (χ4v) is 2.81. The van der Waals surface area contributed by atoms with Gasteiger partial charge in [-0.05, 0) is 43.3 Å². The van der Waals surface area contributed by atoms with Crippen molar-refractivity contribution in [2.75, 3.05) is 0 Å². The lowest BCUT2D eigenvalue weighted by Gasteiger charge is -2.07. The van der Waals surface area contributed by atoms with Crippen LogP contribution in [0.5, 0.6) is 0 Å². The van der Waals surface area contributed by atoms with Crippen molar-refractivity contribution in [1.82, 2.24) is 0 Å². The molecule has 18 heavy (non-hydrogen) atoms. The maximum absolute atomic E-state index is 13.1. The SMILES string of the molecule is CC(=O)c1cc(F)ccc1Sc1cccc(Cl)c1. The molecule has 0 saturated heterocycles. The van der Waals surface area contributed by atoms with Gasteiger partial charge < -0.3 is 0 Å². The first-order valence-electron chi connectivity index (χ1n) is 5.30. The second kappa shape index (κ2) is 5.55. The molecular formula is C14H10ClFOS. The van der Waals surface area contributed by atoms with E-state index in [0.29, 0.717) is 10.6 Å². The van der Waals surface area contributed by atoms with Crippen molar-refractivity contribution in [3.8, 4) is 0 Å². The summed E-state index contributed by atoms with van der Waals surface area (Å²) in [5.74, 6) is -0.560. The van der Waals surface area contributed by atoms with Crippen molar-refractivity contribution in [2.24, 2.45) is 0 Å². The lowest BCUT2D eigenvalue weighted by atomic mass is 10.1. The Labute approximate surface area is 114 Å². The maximum Gasteiger partial charge on any atom is 0.161 e. The number of hydrogen-bond acceptors (Lipinski definition) is 2. The van der Waals surface area contributed by atoms with Crippen LogP contribution in [0.25, 0.3) is 0 Å². The van der Waals surface area contributed by atoms with Crippen molar-refractivity contribution in [1.29, 1.82) is 0 Å². The third-order valence-corrected chi connectivity index (χ3v) is 3.65. The average Bonchev–Trinajstić information content (AvgIpc) is 2.31. The van der Waals surface area contributed by atoms with Gasteiger partial charge in [-0.25, -0.2) is 4.39 Å². The number of benzene rings is 2. The highest BCUT2D eigenvalue weighted by Crippen LogP contribution is 2.32. The van der Waals surface area contributed by atoms with Gasteiger partial charge in [0.25, 0.3) is 0 Å². The molecule has 0 atom stereocenters.